The van der Waals surface area contributed by atoms with E-state index in [1.807, 2.05) is 7.05 Å². The third-order valence-corrected chi connectivity index (χ3v) is 7.94. The Labute approximate surface area is 179 Å². The fraction of sp³-hybridized carbons (Fsp3) is 0.900. The second kappa shape index (κ2) is 7.35. The standard InChI is InChI=1S/C20H32N4O2.HI/c1-21-18(24-9-4-6-19(13-24)11-15(25)22-12-19)23-16-14-5-10-26-17(14)20(16)7-2-3-8-20;/h14,16-17H,2-13H2,1H3,(H,21,23)(H,22,25);1H. The number of carbonyl (C=O) groups excluding carboxylic acids is 1. The summed E-state index contributed by atoms with van der Waals surface area (Å²) in [7, 11) is 1.91. The number of amides is 1. The van der Waals surface area contributed by atoms with Gasteiger partial charge in [0.25, 0.3) is 0 Å². The van der Waals surface area contributed by atoms with Crippen molar-refractivity contribution >= 4 is 35.8 Å². The molecule has 2 saturated carbocycles. The Hall–Kier alpha value is -0.570. The molecule has 2 aliphatic carbocycles. The number of carbonyl (C=O) groups is 1. The molecule has 0 aromatic rings. The molecule has 2 spiro atoms. The third kappa shape index (κ3) is 3.07. The zero-order valence-electron chi connectivity index (χ0n) is 16.3. The number of likely N-dealkylation sites (tertiary alicyclic amines) is 1. The lowest BCUT2D eigenvalue weighted by molar-refractivity contribution is -0.125. The molecule has 5 rings (SSSR count). The predicted molar refractivity (Wildman–Crippen MR) is 115 cm³/mol. The van der Waals surface area contributed by atoms with Crippen molar-refractivity contribution in [2.24, 2.45) is 21.7 Å². The Morgan fingerprint density at radius 1 is 1.30 bits per heavy atom. The summed E-state index contributed by atoms with van der Waals surface area (Å²) >= 11 is 0. The molecule has 0 aromatic heterocycles. The van der Waals surface area contributed by atoms with E-state index in [4.69, 9.17) is 4.74 Å². The van der Waals surface area contributed by atoms with E-state index in [0.717, 1.165) is 45.0 Å². The monoisotopic (exact) mass is 488 g/mol. The fourth-order valence-electron chi connectivity index (χ4n) is 6.77. The average Bonchev–Trinajstić information content (AvgIpc) is 3.36. The number of aliphatic imine (C=N–C) groups is 1. The lowest BCUT2D eigenvalue weighted by Crippen LogP contribution is -2.70. The Morgan fingerprint density at radius 2 is 2.11 bits per heavy atom. The van der Waals surface area contributed by atoms with Crippen molar-refractivity contribution in [3.8, 4) is 0 Å². The predicted octanol–water partition coefficient (Wildman–Crippen LogP) is 2.13. The van der Waals surface area contributed by atoms with Gasteiger partial charge in [-0.15, -0.1) is 24.0 Å². The van der Waals surface area contributed by atoms with Crippen molar-refractivity contribution in [1.82, 2.24) is 15.5 Å². The van der Waals surface area contributed by atoms with Crippen LogP contribution in [0.3, 0.4) is 0 Å². The van der Waals surface area contributed by atoms with Gasteiger partial charge in [-0.25, -0.2) is 0 Å². The van der Waals surface area contributed by atoms with Gasteiger partial charge in [0, 0.05) is 62.5 Å². The van der Waals surface area contributed by atoms with Crippen molar-refractivity contribution in [3.05, 3.63) is 0 Å². The van der Waals surface area contributed by atoms with Gasteiger partial charge in [-0.2, -0.15) is 0 Å². The van der Waals surface area contributed by atoms with Gasteiger partial charge >= 0.3 is 0 Å². The topological polar surface area (TPSA) is 66.0 Å². The molecule has 3 saturated heterocycles. The first-order valence-electron chi connectivity index (χ1n) is 10.5. The molecule has 27 heavy (non-hydrogen) atoms. The normalized spacial score (nSPS) is 39.9. The van der Waals surface area contributed by atoms with Gasteiger partial charge in [-0.05, 0) is 32.1 Å². The van der Waals surface area contributed by atoms with Crippen LogP contribution in [-0.4, -0.2) is 62.2 Å². The molecule has 2 N–H and O–H groups in total. The first kappa shape index (κ1) is 19.7. The fourth-order valence-corrected chi connectivity index (χ4v) is 6.77. The van der Waals surface area contributed by atoms with Gasteiger partial charge in [0.05, 0.1) is 6.10 Å². The van der Waals surface area contributed by atoms with Crippen LogP contribution in [0, 0.1) is 16.7 Å². The van der Waals surface area contributed by atoms with Crippen LogP contribution in [0.15, 0.2) is 4.99 Å². The number of nitrogens with zero attached hydrogens (tertiary/aromatic N) is 2. The van der Waals surface area contributed by atoms with Crippen molar-refractivity contribution < 1.29 is 9.53 Å². The van der Waals surface area contributed by atoms with Crippen LogP contribution in [0.25, 0.3) is 0 Å². The van der Waals surface area contributed by atoms with Crippen molar-refractivity contribution in [1.29, 1.82) is 0 Å². The maximum Gasteiger partial charge on any atom is 0.220 e. The summed E-state index contributed by atoms with van der Waals surface area (Å²) in [6.07, 6.45) is 9.89. The molecule has 0 aromatic carbocycles. The van der Waals surface area contributed by atoms with Gasteiger partial charge in [0.2, 0.25) is 5.91 Å². The summed E-state index contributed by atoms with van der Waals surface area (Å²) in [5.74, 6) is 1.91. The Bertz CT molecular complexity index is 621. The van der Waals surface area contributed by atoms with Crippen molar-refractivity contribution in [3.63, 3.8) is 0 Å². The molecule has 1 amide bonds. The van der Waals surface area contributed by atoms with Gasteiger partial charge < -0.3 is 20.3 Å². The van der Waals surface area contributed by atoms with E-state index in [2.05, 4.69) is 20.5 Å². The number of hydrogen-bond acceptors (Lipinski definition) is 3. The molecule has 4 atom stereocenters. The van der Waals surface area contributed by atoms with Crippen molar-refractivity contribution in [2.75, 3.05) is 33.3 Å². The first-order valence-corrected chi connectivity index (χ1v) is 10.5. The highest BCUT2D eigenvalue weighted by Gasteiger charge is 2.65. The number of ether oxygens (including phenoxy) is 1. The summed E-state index contributed by atoms with van der Waals surface area (Å²) in [5, 5.41) is 6.93. The van der Waals surface area contributed by atoms with E-state index in [0.29, 0.717) is 29.9 Å². The molecular formula is C20H33IN4O2. The minimum absolute atomic E-state index is 0. The zero-order valence-corrected chi connectivity index (χ0v) is 18.7. The molecule has 0 radical (unpaired) electrons. The number of piperidine rings is 1. The molecular weight excluding hydrogens is 455 g/mol. The quantitative estimate of drug-likeness (QED) is 0.337. The Balaban J connectivity index is 0.00000180. The SMILES string of the molecule is CN=C(NC1C2CCOC2C12CCCC2)N1CCCC2(CNC(=O)C2)C1.I. The Kier molecular flexibility index (Phi) is 5.37. The number of rotatable bonds is 1. The smallest absolute Gasteiger partial charge is 0.220 e. The van der Waals surface area contributed by atoms with Crippen LogP contribution in [0.5, 0.6) is 0 Å². The van der Waals surface area contributed by atoms with Crippen LogP contribution in [0.1, 0.15) is 51.4 Å². The summed E-state index contributed by atoms with van der Waals surface area (Å²) in [5.41, 5.74) is 0.450. The maximum atomic E-state index is 11.8. The van der Waals surface area contributed by atoms with E-state index >= 15 is 0 Å². The van der Waals surface area contributed by atoms with Crippen LogP contribution in [-0.2, 0) is 9.53 Å². The maximum absolute atomic E-state index is 11.8. The van der Waals surface area contributed by atoms with E-state index in [-0.39, 0.29) is 35.3 Å². The highest BCUT2D eigenvalue weighted by Crippen LogP contribution is 2.60. The molecule has 3 heterocycles. The molecule has 6 nitrogen and oxygen atoms in total. The van der Waals surface area contributed by atoms with Crippen LogP contribution in [0.4, 0.5) is 0 Å². The number of hydrogen-bond donors (Lipinski definition) is 2. The average molecular weight is 488 g/mol. The number of fused-ring (bicyclic) bond motifs is 2. The third-order valence-electron chi connectivity index (χ3n) is 7.94. The highest BCUT2D eigenvalue weighted by molar-refractivity contribution is 14.0. The van der Waals surface area contributed by atoms with Gasteiger partial charge in [0.15, 0.2) is 5.96 Å². The van der Waals surface area contributed by atoms with Gasteiger partial charge in [-0.3, -0.25) is 9.79 Å². The van der Waals surface area contributed by atoms with Crippen LogP contribution in [0.2, 0.25) is 0 Å². The van der Waals surface area contributed by atoms with Crippen LogP contribution >= 0.6 is 24.0 Å². The summed E-state index contributed by atoms with van der Waals surface area (Å²) in [4.78, 5) is 18.9. The van der Waals surface area contributed by atoms with E-state index in [9.17, 15) is 4.79 Å². The summed E-state index contributed by atoms with van der Waals surface area (Å²) in [6, 6.07) is 0.511. The number of halogens is 1. The minimum atomic E-state index is 0. The summed E-state index contributed by atoms with van der Waals surface area (Å²) < 4.78 is 6.13. The van der Waals surface area contributed by atoms with Gasteiger partial charge in [-0.1, -0.05) is 12.8 Å². The molecule has 5 aliphatic rings. The molecule has 7 heteroatoms. The lowest BCUT2D eigenvalue weighted by atomic mass is 9.54. The molecule has 5 fully saturated rings. The molecule has 0 bridgehead atoms. The van der Waals surface area contributed by atoms with E-state index in [1.165, 1.54) is 32.1 Å². The first-order chi connectivity index (χ1) is 12.7. The van der Waals surface area contributed by atoms with Crippen molar-refractivity contribution in [2.45, 2.75) is 63.5 Å². The lowest BCUT2D eigenvalue weighted by Gasteiger charge is -2.57. The van der Waals surface area contributed by atoms with Gasteiger partial charge in [0.1, 0.15) is 0 Å². The minimum Gasteiger partial charge on any atom is -0.377 e. The molecule has 152 valence electrons. The number of guanidine groups is 1. The molecule has 3 aliphatic heterocycles. The van der Waals surface area contributed by atoms with Crippen LogP contribution < -0.4 is 10.6 Å². The number of nitrogens with one attached hydrogen (secondary N) is 2. The largest absolute Gasteiger partial charge is 0.377 e. The summed E-state index contributed by atoms with van der Waals surface area (Å²) in [6.45, 7) is 3.73. The zero-order chi connectivity index (χ0) is 17.8. The van der Waals surface area contributed by atoms with E-state index in [1.54, 1.807) is 0 Å². The van der Waals surface area contributed by atoms with E-state index < -0.39 is 0 Å². The second-order valence-electron chi connectivity index (χ2n) is 9.33. The second-order valence-corrected chi connectivity index (χ2v) is 9.33. The highest BCUT2D eigenvalue weighted by atomic mass is 127. The Morgan fingerprint density at radius 3 is 2.81 bits per heavy atom. The molecule has 4 unspecified atom stereocenters.